The molecule has 1 amide bonds. The smallest absolute Gasteiger partial charge is 0.337 e. The maximum absolute atomic E-state index is 13.1. The van der Waals surface area contributed by atoms with Crippen molar-refractivity contribution in [2.75, 3.05) is 5.32 Å². The lowest BCUT2D eigenvalue weighted by Crippen LogP contribution is -2.14. The zero-order valence-corrected chi connectivity index (χ0v) is 11.0. The second-order valence-corrected chi connectivity index (χ2v) is 4.77. The number of hydrogen-bond donors (Lipinski definition) is 2. The topological polar surface area (TPSA) is 110 Å². The first-order valence-electron chi connectivity index (χ1n) is 5.45. The number of aromatic carboxylic acids is 1. The molecular formula is C12H7FN2O5S. The maximum atomic E-state index is 13.1. The van der Waals surface area contributed by atoms with E-state index in [1.54, 1.807) is 0 Å². The number of halogens is 1. The summed E-state index contributed by atoms with van der Waals surface area (Å²) in [6.45, 7) is 0. The maximum Gasteiger partial charge on any atom is 0.337 e. The molecule has 0 fully saturated rings. The number of nitrogens with one attached hydrogen (secondary N) is 1. The Balaban J connectivity index is 2.28. The average Bonchev–Trinajstić information content (AvgIpc) is 2.88. The zero-order valence-electron chi connectivity index (χ0n) is 10.2. The number of hydrogen-bond acceptors (Lipinski definition) is 5. The van der Waals surface area contributed by atoms with Gasteiger partial charge in [0.2, 0.25) is 0 Å². The van der Waals surface area contributed by atoms with Gasteiger partial charge in [0.15, 0.2) is 0 Å². The molecule has 0 aliphatic carbocycles. The summed E-state index contributed by atoms with van der Waals surface area (Å²) in [7, 11) is 0. The van der Waals surface area contributed by atoms with E-state index in [4.69, 9.17) is 5.11 Å². The summed E-state index contributed by atoms with van der Waals surface area (Å²) in [6.07, 6.45) is 0. The summed E-state index contributed by atoms with van der Waals surface area (Å²) in [4.78, 5) is 32.8. The van der Waals surface area contributed by atoms with Crippen LogP contribution in [0.2, 0.25) is 0 Å². The van der Waals surface area contributed by atoms with Crippen LogP contribution in [0.3, 0.4) is 0 Å². The molecule has 2 rings (SSSR count). The number of carbonyl (C=O) groups excluding carboxylic acids is 1. The van der Waals surface area contributed by atoms with Gasteiger partial charge in [0, 0.05) is 11.4 Å². The number of thiophene rings is 1. The first-order chi connectivity index (χ1) is 9.88. The summed E-state index contributed by atoms with van der Waals surface area (Å²) >= 11 is 0.760. The molecule has 1 aromatic heterocycles. The van der Waals surface area contributed by atoms with Gasteiger partial charge in [0.05, 0.1) is 21.7 Å². The van der Waals surface area contributed by atoms with Crippen LogP contribution in [0.25, 0.3) is 0 Å². The summed E-state index contributed by atoms with van der Waals surface area (Å²) in [5, 5.41) is 22.8. The minimum absolute atomic E-state index is 0.00713. The van der Waals surface area contributed by atoms with Gasteiger partial charge in [-0.15, -0.1) is 0 Å². The minimum atomic E-state index is -1.33. The van der Waals surface area contributed by atoms with Crippen LogP contribution in [0.1, 0.15) is 20.7 Å². The molecular weight excluding hydrogens is 303 g/mol. The van der Waals surface area contributed by atoms with Gasteiger partial charge in [-0.25, -0.2) is 9.18 Å². The number of carbonyl (C=O) groups is 2. The third-order valence-electron chi connectivity index (χ3n) is 2.49. The van der Waals surface area contributed by atoms with E-state index in [1.807, 2.05) is 0 Å². The molecule has 2 aromatic rings. The van der Waals surface area contributed by atoms with Crippen molar-refractivity contribution in [3.05, 3.63) is 56.7 Å². The van der Waals surface area contributed by atoms with Crippen molar-refractivity contribution < 1.29 is 24.0 Å². The van der Waals surface area contributed by atoms with Gasteiger partial charge in [-0.05, 0) is 18.2 Å². The Morgan fingerprint density at radius 1 is 1.33 bits per heavy atom. The molecule has 21 heavy (non-hydrogen) atoms. The molecule has 0 aliphatic heterocycles. The van der Waals surface area contributed by atoms with Gasteiger partial charge in [-0.2, -0.15) is 0 Å². The molecule has 0 unspecified atom stereocenters. The largest absolute Gasteiger partial charge is 0.478 e. The van der Waals surface area contributed by atoms with Gasteiger partial charge in [0.1, 0.15) is 5.82 Å². The van der Waals surface area contributed by atoms with Crippen molar-refractivity contribution >= 4 is 33.9 Å². The predicted molar refractivity (Wildman–Crippen MR) is 72.3 cm³/mol. The van der Waals surface area contributed by atoms with Crippen LogP contribution in [-0.2, 0) is 0 Å². The summed E-state index contributed by atoms with van der Waals surface area (Å²) < 4.78 is 13.1. The van der Waals surface area contributed by atoms with Crippen LogP contribution in [0.15, 0.2) is 29.6 Å². The Morgan fingerprint density at radius 3 is 2.62 bits per heavy atom. The number of amides is 1. The van der Waals surface area contributed by atoms with Crippen LogP contribution in [0.5, 0.6) is 0 Å². The highest BCUT2D eigenvalue weighted by Gasteiger charge is 2.18. The number of carboxylic acids is 1. The fraction of sp³-hybridized carbons (Fsp3) is 0. The SMILES string of the molecule is O=C(Nc1cc(F)ccc1C(=O)O)c1csc([N+](=O)[O-])c1. The zero-order chi connectivity index (χ0) is 15.6. The molecule has 0 spiro atoms. The molecule has 9 heteroatoms. The van der Waals surface area contributed by atoms with Crippen molar-refractivity contribution in [1.82, 2.24) is 0 Å². The number of rotatable bonds is 4. The van der Waals surface area contributed by atoms with E-state index in [2.05, 4.69) is 5.32 Å². The van der Waals surface area contributed by atoms with E-state index in [0.717, 1.165) is 35.6 Å². The lowest BCUT2D eigenvalue weighted by atomic mass is 10.1. The van der Waals surface area contributed by atoms with E-state index < -0.39 is 22.6 Å². The second-order valence-electron chi connectivity index (χ2n) is 3.88. The molecule has 0 bridgehead atoms. The quantitative estimate of drug-likeness (QED) is 0.666. The Kier molecular flexibility index (Phi) is 3.94. The summed E-state index contributed by atoms with van der Waals surface area (Å²) in [5.74, 6) is -2.80. The predicted octanol–water partition coefficient (Wildman–Crippen LogP) is 2.75. The Labute approximate surface area is 120 Å². The molecule has 1 heterocycles. The number of carboxylic acid groups (broad SMARTS) is 1. The fourth-order valence-electron chi connectivity index (χ4n) is 1.54. The van der Waals surface area contributed by atoms with Crippen LogP contribution < -0.4 is 5.32 Å². The van der Waals surface area contributed by atoms with Crippen molar-refractivity contribution in [3.8, 4) is 0 Å². The van der Waals surface area contributed by atoms with Crippen LogP contribution in [-0.4, -0.2) is 21.9 Å². The van der Waals surface area contributed by atoms with Crippen LogP contribution in [0.4, 0.5) is 15.1 Å². The molecule has 2 N–H and O–H groups in total. The molecule has 108 valence electrons. The average molecular weight is 310 g/mol. The lowest BCUT2D eigenvalue weighted by Gasteiger charge is -2.07. The highest BCUT2D eigenvalue weighted by Crippen LogP contribution is 2.24. The number of nitro groups is 1. The number of nitrogens with zero attached hydrogens (tertiary/aromatic N) is 1. The highest BCUT2D eigenvalue weighted by molar-refractivity contribution is 7.13. The highest BCUT2D eigenvalue weighted by atomic mass is 32.1. The van der Waals surface area contributed by atoms with Crippen LogP contribution >= 0.6 is 11.3 Å². The van der Waals surface area contributed by atoms with Crippen molar-refractivity contribution in [2.45, 2.75) is 0 Å². The van der Waals surface area contributed by atoms with E-state index in [9.17, 15) is 24.1 Å². The number of benzene rings is 1. The standard InChI is InChI=1S/C12H7FN2O5S/c13-7-1-2-8(12(17)18)9(4-7)14-11(16)6-3-10(15(19)20)21-5-6/h1-5H,(H,14,16)(H,17,18). The minimum Gasteiger partial charge on any atom is -0.478 e. The van der Waals surface area contributed by atoms with E-state index in [1.165, 1.54) is 5.38 Å². The Morgan fingerprint density at radius 2 is 2.05 bits per heavy atom. The normalized spacial score (nSPS) is 10.1. The third-order valence-corrected chi connectivity index (χ3v) is 3.37. The van der Waals surface area contributed by atoms with Crippen molar-refractivity contribution in [3.63, 3.8) is 0 Å². The third kappa shape index (κ3) is 3.20. The first-order valence-corrected chi connectivity index (χ1v) is 6.33. The summed E-state index contributed by atoms with van der Waals surface area (Å²) in [6, 6.07) is 3.89. The Hall–Kier alpha value is -2.81. The van der Waals surface area contributed by atoms with Gasteiger partial charge in [-0.3, -0.25) is 14.9 Å². The molecule has 7 nitrogen and oxygen atoms in total. The fourth-order valence-corrected chi connectivity index (χ4v) is 2.24. The van der Waals surface area contributed by atoms with Crippen molar-refractivity contribution in [2.24, 2.45) is 0 Å². The Bertz CT molecular complexity index is 743. The summed E-state index contributed by atoms with van der Waals surface area (Å²) in [5.41, 5.74) is -0.511. The van der Waals surface area contributed by atoms with E-state index in [-0.39, 0.29) is 21.8 Å². The van der Waals surface area contributed by atoms with Gasteiger partial charge in [0.25, 0.3) is 5.91 Å². The van der Waals surface area contributed by atoms with Crippen LogP contribution in [0, 0.1) is 15.9 Å². The molecule has 1 aromatic carbocycles. The van der Waals surface area contributed by atoms with E-state index >= 15 is 0 Å². The monoisotopic (exact) mass is 310 g/mol. The van der Waals surface area contributed by atoms with Crippen molar-refractivity contribution in [1.29, 1.82) is 0 Å². The molecule has 0 aliphatic rings. The lowest BCUT2D eigenvalue weighted by molar-refractivity contribution is -0.380. The van der Waals surface area contributed by atoms with E-state index in [0.29, 0.717) is 0 Å². The van der Waals surface area contributed by atoms with Gasteiger partial charge in [-0.1, -0.05) is 11.3 Å². The molecule has 0 radical (unpaired) electrons. The molecule has 0 saturated carbocycles. The van der Waals surface area contributed by atoms with Gasteiger partial charge >= 0.3 is 11.0 Å². The molecule has 0 saturated heterocycles. The number of anilines is 1. The molecule has 0 atom stereocenters. The first kappa shape index (κ1) is 14.6. The second kappa shape index (κ2) is 5.67. The van der Waals surface area contributed by atoms with Gasteiger partial charge < -0.3 is 10.4 Å².